The first kappa shape index (κ1) is 32.0. The number of benzene rings is 9. The van der Waals surface area contributed by atoms with Gasteiger partial charge in [0.15, 0.2) is 0 Å². The molecular weight excluding hydrogens is 651 g/mol. The van der Waals surface area contributed by atoms with Crippen molar-refractivity contribution >= 4 is 38.6 Å². The summed E-state index contributed by atoms with van der Waals surface area (Å²) < 4.78 is 0. The van der Waals surface area contributed by atoms with E-state index in [0.29, 0.717) is 0 Å². The molecule has 0 N–H and O–H groups in total. The fourth-order valence-electron chi connectivity index (χ4n) is 8.70. The summed E-state index contributed by atoms with van der Waals surface area (Å²) in [5.74, 6) is 0. The molecule has 0 bridgehead atoms. The number of hydrogen-bond donors (Lipinski definition) is 0. The van der Waals surface area contributed by atoms with Gasteiger partial charge in [0, 0.05) is 22.5 Å². The minimum Gasteiger partial charge on any atom is -0.310 e. The average molecular weight is 690 g/mol. The Bertz CT molecular complexity index is 2820. The number of rotatable bonds is 6. The van der Waals surface area contributed by atoms with E-state index >= 15 is 0 Å². The highest BCUT2D eigenvalue weighted by atomic mass is 15.1. The first-order chi connectivity index (χ1) is 26.5. The van der Waals surface area contributed by atoms with E-state index in [0.717, 1.165) is 17.1 Å². The lowest BCUT2D eigenvalue weighted by molar-refractivity contribution is 0.660. The van der Waals surface area contributed by atoms with Gasteiger partial charge in [0.1, 0.15) is 0 Å². The van der Waals surface area contributed by atoms with Crippen LogP contribution in [0.5, 0.6) is 0 Å². The molecule has 1 heteroatoms. The molecular formula is C53H39N. The normalized spacial score (nSPS) is 12.8. The van der Waals surface area contributed by atoms with Gasteiger partial charge in [0.05, 0.1) is 0 Å². The number of nitrogens with zero attached hydrogens (tertiary/aromatic N) is 1. The Morgan fingerprint density at radius 1 is 0.315 bits per heavy atom. The van der Waals surface area contributed by atoms with Crippen LogP contribution in [-0.2, 0) is 5.41 Å². The standard InChI is InChI=1S/C53H39N/c1-53(2)51-21-9-8-18-49(51)50-35-44(31-33-52(50)53)54(42-27-22-38(23-28-42)46-19-10-15-37-14-6-7-17-45(37)46)43-29-24-39(25-30-43)47-20-11-16-41-34-40(26-32-48(41)47)36-12-4-3-5-13-36/h3-35H,1-2H3. The van der Waals surface area contributed by atoms with E-state index in [2.05, 4.69) is 219 Å². The van der Waals surface area contributed by atoms with Crippen LogP contribution >= 0.6 is 0 Å². The third-order valence-electron chi connectivity index (χ3n) is 11.5. The van der Waals surface area contributed by atoms with Crippen LogP contribution in [0.3, 0.4) is 0 Å². The second kappa shape index (κ2) is 12.8. The molecule has 1 nitrogen and oxygen atoms in total. The van der Waals surface area contributed by atoms with Crippen molar-refractivity contribution in [2.75, 3.05) is 4.90 Å². The van der Waals surface area contributed by atoms with Crippen molar-refractivity contribution in [1.29, 1.82) is 0 Å². The highest BCUT2D eigenvalue weighted by Crippen LogP contribution is 2.50. The molecule has 0 aromatic heterocycles. The molecule has 9 aromatic rings. The van der Waals surface area contributed by atoms with E-state index in [1.165, 1.54) is 77.2 Å². The molecule has 0 amide bonds. The highest BCUT2D eigenvalue weighted by Gasteiger charge is 2.35. The molecule has 9 aromatic carbocycles. The van der Waals surface area contributed by atoms with Crippen molar-refractivity contribution in [1.82, 2.24) is 0 Å². The monoisotopic (exact) mass is 689 g/mol. The first-order valence-electron chi connectivity index (χ1n) is 18.8. The van der Waals surface area contributed by atoms with Crippen LogP contribution in [0.1, 0.15) is 25.0 Å². The second-order valence-electron chi connectivity index (χ2n) is 15.0. The lowest BCUT2D eigenvalue weighted by Crippen LogP contribution is -2.15. The second-order valence-corrected chi connectivity index (χ2v) is 15.0. The summed E-state index contributed by atoms with van der Waals surface area (Å²) in [6, 6.07) is 73.4. The van der Waals surface area contributed by atoms with E-state index in [-0.39, 0.29) is 5.41 Å². The predicted octanol–water partition coefficient (Wildman–Crippen LogP) is 14.8. The summed E-state index contributed by atoms with van der Waals surface area (Å²) in [5.41, 5.74) is 16.1. The quantitative estimate of drug-likeness (QED) is 0.168. The Kier molecular flexibility index (Phi) is 7.56. The third kappa shape index (κ3) is 5.32. The molecule has 54 heavy (non-hydrogen) atoms. The summed E-state index contributed by atoms with van der Waals surface area (Å²) >= 11 is 0. The van der Waals surface area contributed by atoms with Crippen molar-refractivity contribution in [2.45, 2.75) is 19.3 Å². The minimum absolute atomic E-state index is 0.0443. The van der Waals surface area contributed by atoms with Crippen molar-refractivity contribution in [3.8, 4) is 44.5 Å². The molecule has 0 aliphatic heterocycles. The fourth-order valence-corrected chi connectivity index (χ4v) is 8.70. The summed E-state index contributed by atoms with van der Waals surface area (Å²) in [4.78, 5) is 2.40. The molecule has 1 aliphatic carbocycles. The summed E-state index contributed by atoms with van der Waals surface area (Å²) in [7, 11) is 0. The molecule has 0 atom stereocenters. The van der Waals surface area contributed by atoms with Crippen molar-refractivity contribution < 1.29 is 0 Å². The molecule has 0 saturated carbocycles. The lowest BCUT2D eigenvalue weighted by atomic mass is 9.82. The molecule has 0 unspecified atom stereocenters. The SMILES string of the molecule is CC1(C)c2ccccc2-c2cc(N(c3ccc(-c4cccc5ccccc45)cc3)c3ccc(-c4cccc5cc(-c6ccccc6)ccc45)cc3)ccc21. The van der Waals surface area contributed by atoms with Gasteiger partial charge in [0.25, 0.3) is 0 Å². The molecule has 0 saturated heterocycles. The zero-order valence-electron chi connectivity index (χ0n) is 30.5. The van der Waals surface area contributed by atoms with Crippen molar-refractivity contribution in [3.63, 3.8) is 0 Å². The third-order valence-corrected chi connectivity index (χ3v) is 11.5. The van der Waals surface area contributed by atoms with Crippen LogP contribution in [-0.4, -0.2) is 0 Å². The smallest absolute Gasteiger partial charge is 0.0468 e. The number of anilines is 3. The topological polar surface area (TPSA) is 3.24 Å². The molecule has 1 aliphatic rings. The van der Waals surface area contributed by atoms with Crippen molar-refractivity contribution in [3.05, 3.63) is 211 Å². The Hall–Kier alpha value is -6.70. The van der Waals surface area contributed by atoms with Gasteiger partial charge in [-0.1, -0.05) is 172 Å². The Labute approximate surface area is 317 Å². The molecule has 256 valence electrons. The van der Waals surface area contributed by atoms with Gasteiger partial charge in [-0.3, -0.25) is 0 Å². The van der Waals surface area contributed by atoms with Crippen LogP contribution in [0.4, 0.5) is 17.1 Å². The largest absolute Gasteiger partial charge is 0.310 e. The summed E-state index contributed by atoms with van der Waals surface area (Å²) in [5, 5.41) is 5.02. The van der Waals surface area contributed by atoms with E-state index in [9.17, 15) is 0 Å². The van der Waals surface area contributed by atoms with Crippen LogP contribution < -0.4 is 4.90 Å². The molecule has 0 spiro atoms. The van der Waals surface area contributed by atoms with E-state index in [1.807, 2.05) is 0 Å². The van der Waals surface area contributed by atoms with Crippen LogP contribution in [0.15, 0.2) is 200 Å². The zero-order chi connectivity index (χ0) is 36.2. The number of hydrogen-bond acceptors (Lipinski definition) is 1. The van der Waals surface area contributed by atoms with E-state index < -0.39 is 0 Å². The fraction of sp³-hybridized carbons (Fsp3) is 0.0566. The highest BCUT2D eigenvalue weighted by molar-refractivity contribution is 6.00. The summed E-state index contributed by atoms with van der Waals surface area (Å²) in [6.45, 7) is 4.69. The zero-order valence-corrected chi connectivity index (χ0v) is 30.5. The average Bonchev–Trinajstić information content (AvgIpc) is 3.46. The van der Waals surface area contributed by atoms with Gasteiger partial charge < -0.3 is 4.90 Å². The molecule has 0 heterocycles. The minimum atomic E-state index is -0.0443. The molecule has 10 rings (SSSR count). The van der Waals surface area contributed by atoms with Crippen LogP contribution in [0, 0.1) is 0 Å². The molecule has 0 fully saturated rings. The van der Waals surface area contributed by atoms with E-state index in [4.69, 9.17) is 0 Å². The maximum absolute atomic E-state index is 2.40. The molecule has 0 radical (unpaired) electrons. The predicted molar refractivity (Wildman–Crippen MR) is 230 cm³/mol. The number of fused-ring (bicyclic) bond motifs is 5. The maximum atomic E-state index is 2.40. The Morgan fingerprint density at radius 3 is 1.56 bits per heavy atom. The maximum Gasteiger partial charge on any atom is 0.0468 e. The van der Waals surface area contributed by atoms with Gasteiger partial charge in [-0.15, -0.1) is 0 Å². The van der Waals surface area contributed by atoms with Gasteiger partial charge in [-0.25, -0.2) is 0 Å². The van der Waals surface area contributed by atoms with Gasteiger partial charge in [-0.05, 0) is 120 Å². The Morgan fingerprint density at radius 2 is 0.833 bits per heavy atom. The van der Waals surface area contributed by atoms with Crippen LogP contribution in [0.2, 0.25) is 0 Å². The van der Waals surface area contributed by atoms with E-state index in [1.54, 1.807) is 0 Å². The van der Waals surface area contributed by atoms with Gasteiger partial charge >= 0.3 is 0 Å². The lowest BCUT2D eigenvalue weighted by Gasteiger charge is -2.27. The first-order valence-corrected chi connectivity index (χ1v) is 18.8. The summed E-state index contributed by atoms with van der Waals surface area (Å²) in [6.07, 6.45) is 0. The van der Waals surface area contributed by atoms with Crippen LogP contribution in [0.25, 0.3) is 66.1 Å². The Balaban J connectivity index is 1.07. The van der Waals surface area contributed by atoms with Gasteiger partial charge in [-0.2, -0.15) is 0 Å². The van der Waals surface area contributed by atoms with Crippen molar-refractivity contribution in [2.24, 2.45) is 0 Å². The van der Waals surface area contributed by atoms with Gasteiger partial charge in [0.2, 0.25) is 0 Å².